The first-order valence-electron chi connectivity index (χ1n) is 5.85. The van der Waals surface area contributed by atoms with E-state index in [1.807, 2.05) is 24.3 Å². The summed E-state index contributed by atoms with van der Waals surface area (Å²) in [5.41, 5.74) is 0.812. The quantitative estimate of drug-likeness (QED) is 0.569. The maximum Gasteiger partial charge on any atom is 0.328 e. The van der Waals surface area contributed by atoms with Gasteiger partial charge < -0.3 is 14.6 Å². The molecule has 1 aromatic rings. The normalized spacial score (nSPS) is 10.7. The Balaban J connectivity index is 2.42. The molecule has 0 unspecified atom stereocenters. The topological polar surface area (TPSA) is 55.8 Å². The standard InChI is InChI=1S/C14H18O4/c1-17-9-2-3-10-18-13-6-4-5-12(11-13)7-8-14(15)16/h4-8,11H,2-3,9-10H2,1H3,(H,15,16)/b8-7+. The Morgan fingerprint density at radius 3 is 2.83 bits per heavy atom. The maximum absolute atomic E-state index is 10.4. The fourth-order valence-corrected chi connectivity index (χ4v) is 1.41. The number of carboxylic acids is 1. The van der Waals surface area contributed by atoms with Crippen molar-refractivity contribution in [3.8, 4) is 5.75 Å². The van der Waals surface area contributed by atoms with Crippen molar-refractivity contribution in [3.63, 3.8) is 0 Å². The number of rotatable bonds is 8. The highest BCUT2D eigenvalue weighted by Crippen LogP contribution is 2.14. The molecule has 0 bridgehead atoms. The monoisotopic (exact) mass is 250 g/mol. The van der Waals surface area contributed by atoms with Crippen LogP contribution in [0.2, 0.25) is 0 Å². The predicted octanol–water partition coefficient (Wildman–Crippen LogP) is 2.59. The molecule has 4 heteroatoms. The van der Waals surface area contributed by atoms with Crippen LogP contribution in [0.25, 0.3) is 6.08 Å². The number of hydrogen-bond acceptors (Lipinski definition) is 3. The van der Waals surface area contributed by atoms with E-state index in [2.05, 4.69) is 0 Å². The van der Waals surface area contributed by atoms with Crippen molar-refractivity contribution in [3.05, 3.63) is 35.9 Å². The van der Waals surface area contributed by atoms with Gasteiger partial charge in [0.05, 0.1) is 6.61 Å². The van der Waals surface area contributed by atoms with Crippen LogP contribution in [0.3, 0.4) is 0 Å². The van der Waals surface area contributed by atoms with Gasteiger partial charge in [0.15, 0.2) is 0 Å². The van der Waals surface area contributed by atoms with Crippen molar-refractivity contribution in [1.82, 2.24) is 0 Å². The van der Waals surface area contributed by atoms with Gasteiger partial charge in [0, 0.05) is 19.8 Å². The van der Waals surface area contributed by atoms with Crippen molar-refractivity contribution in [2.45, 2.75) is 12.8 Å². The summed E-state index contributed by atoms with van der Waals surface area (Å²) in [6.07, 6.45) is 4.55. The highest BCUT2D eigenvalue weighted by molar-refractivity contribution is 5.85. The van der Waals surface area contributed by atoms with Gasteiger partial charge in [0.25, 0.3) is 0 Å². The largest absolute Gasteiger partial charge is 0.494 e. The van der Waals surface area contributed by atoms with Gasteiger partial charge in [0.2, 0.25) is 0 Å². The van der Waals surface area contributed by atoms with Crippen molar-refractivity contribution in [2.75, 3.05) is 20.3 Å². The van der Waals surface area contributed by atoms with E-state index in [9.17, 15) is 4.79 Å². The third-order valence-electron chi connectivity index (χ3n) is 2.29. The van der Waals surface area contributed by atoms with E-state index < -0.39 is 5.97 Å². The second kappa shape index (κ2) is 8.31. The van der Waals surface area contributed by atoms with Crippen molar-refractivity contribution in [1.29, 1.82) is 0 Å². The van der Waals surface area contributed by atoms with Crippen LogP contribution in [-0.4, -0.2) is 31.4 Å². The Kier molecular flexibility index (Phi) is 6.58. The number of hydrogen-bond donors (Lipinski definition) is 1. The molecule has 4 nitrogen and oxygen atoms in total. The van der Waals surface area contributed by atoms with E-state index in [0.717, 1.165) is 36.8 Å². The SMILES string of the molecule is COCCCCOc1cccc(/C=C/C(=O)O)c1. The van der Waals surface area contributed by atoms with Crippen LogP contribution in [0.4, 0.5) is 0 Å². The summed E-state index contributed by atoms with van der Waals surface area (Å²) < 4.78 is 10.5. The molecule has 0 atom stereocenters. The molecule has 0 saturated heterocycles. The second-order valence-corrected chi connectivity index (χ2v) is 3.79. The van der Waals surface area contributed by atoms with Crippen LogP contribution in [-0.2, 0) is 9.53 Å². The summed E-state index contributed by atoms with van der Waals surface area (Å²) in [7, 11) is 1.68. The third kappa shape index (κ3) is 6.06. The summed E-state index contributed by atoms with van der Waals surface area (Å²) in [6, 6.07) is 7.34. The van der Waals surface area contributed by atoms with Crippen LogP contribution in [0.1, 0.15) is 18.4 Å². The average Bonchev–Trinajstić information content (AvgIpc) is 2.37. The highest BCUT2D eigenvalue weighted by Gasteiger charge is 1.96. The summed E-state index contributed by atoms with van der Waals surface area (Å²) in [5, 5.41) is 8.54. The molecule has 0 aliphatic carbocycles. The van der Waals surface area contributed by atoms with Gasteiger partial charge >= 0.3 is 5.97 Å². The molecule has 0 amide bonds. The number of aliphatic carboxylic acids is 1. The second-order valence-electron chi connectivity index (χ2n) is 3.79. The Labute approximate surface area is 107 Å². The van der Waals surface area contributed by atoms with Crippen LogP contribution >= 0.6 is 0 Å². The van der Waals surface area contributed by atoms with Gasteiger partial charge in [-0.05, 0) is 36.6 Å². The van der Waals surface area contributed by atoms with E-state index in [-0.39, 0.29) is 0 Å². The summed E-state index contributed by atoms with van der Waals surface area (Å²) in [4.78, 5) is 10.4. The van der Waals surface area contributed by atoms with E-state index in [0.29, 0.717) is 6.61 Å². The maximum atomic E-state index is 10.4. The molecule has 0 saturated carbocycles. The number of unbranched alkanes of at least 4 members (excludes halogenated alkanes) is 1. The number of carbonyl (C=O) groups is 1. The predicted molar refractivity (Wildman–Crippen MR) is 69.7 cm³/mol. The first-order valence-corrected chi connectivity index (χ1v) is 5.85. The van der Waals surface area contributed by atoms with Crippen molar-refractivity contribution < 1.29 is 19.4 Å². The van der Waals surface area contributed by atoms with E-state index >= 15 is 0 Å². The van der Waals surface area contributed by atoms with Gasteiger partial charge in [-0.3, -0.25) is 0 Å². The molecule has 98 valence electrons. The highest BCUT2D eigenvalue weighted by atomic mass is 16.5. The molecule has 0 heterocycles. The number of carboxylic acid groups (broad SMARTS) is 1. The Hall–Kier alpha value is -1.81. The van der Waals surface area contributed by atoms with Crippen molar-refractivity contribution >= 4 is 12.0 Å². The first kappa shape index (κ1) is 14.3. The molecule has 0 aliphatic heterocycles. The Bertz CT molecular complexity index is 399. The number of ether oxygens (including phenoxy) is 2. The Morgan fingerprint density at radius 2 is 2.11 bits per heavy atom. The lowest BCUT2D eigenvalue weighted by Gasteiger charge is -2.06. The lowest BCUT2D eigenvalue weighted by molar-refractivity contribution is -0.131. The fraction of sp³-hybridized carbons (Fsp3) is 0.357. The first-order chi connectivity index (χ1) is 8.72. The van der Waals surface area contributed by atoms with E-state index in [1.165, 1.54) is 0 Å². The molecule has 1 rings (SSSR count). The number of methoxy groups -OCH3 is 1. The van der Waals surface area contributed by atoms with Crippen LogP contribution in [0.5, 0.6) is 5.75 Å². The minimum Gasteiger partial charge on any atom is -0.494 e. The molecule has 0 aromatic heterocycles. The molecular formula is C14H18O4. The lowest BCUT2D eigenvalue weighted by atomic mass is 10.2. The zero-order valence-corrected chi connectivity index (χ0v) is 10.5. The summed E-state index contributed by atoms with van der Waals surface area (Å²) >= 11 is 0. The molecule has 0 radical (unpaired) electrons. The van der Waals surface area contributed by atoms with Crippen LogP contribution < -0.4 is 4.74 Å². The minimum absolute atomic E-state index is 0.634. The van der Waals surface area contributed by atoms with E-state index in [4.69, 9.17) is 14.6 Å². The van der Waals surface area contributed by atoms with Crippen LogP contribution in [0.15, 0.2) is 30.3 Å². The fourth-order valence-electron chi connectivity index (χ4n) is 1.41. The van der Waals surface area contributed by atoms with Gasteiger partial charge in [0.1, 0.15) is 5.75 Å². The molecular weight excluding hydrogens is 232 g/mol. The minimum atomic E-state index is -0.958. The van der Waals surface area contributed by atoms with Crippen LogP contribution in [0, 0.1) is 0 Å². The molecule has 1 aromatic carbocycles. The average molecular weight is 250 g/mol. The molecule has 1 N–H and O–H groups in total. The molecule has 0 aliphatic rings. The van der Waals surface area contributed by atoms with Gasteiger partial charge in [-0.25, -0.2) is 4.79 Å². The summed E-state index contributed by atoms with van der Waals surface area (Å²) in [5.74, 6) is -0.208. The van der Waals surface area contributed by atoms with Gasteiger partial charge in [-0.15, -0.1) is 0 Å². The molecule has 0 spiro atoms. The van der Waals surface area contributed by atoms with Gasteiger partial charge in [-0.1, -0.05) is 12.1 Å². The zero-order valence-electron chi connectivity index (χ0n) is 10.5. The smallest absolute Gasteiger partial charge is 0.328 e. The van der Waals surface area contributed by atoms with Gasteiger partial charge in [-0.2, -0.15) is 0 Å². The zero-order chi connectivity index (χ0) is 13.2. The third-order valence-corrected chi connectivity index (χ3v) is 2.29. The lowest BCUT2D eigenvalue weighted by Crippen LogP contribution is -1.99. The van der Waals surface area contributed by atoms with Crippen molar-refractivity contribution in [2.24, 2.45) is 0 Å². The van der Waals surface area contributed by atoms with E-state index in [1.54, 1.807) is 13.2 Å². The Morgan fingerprint density at radius 1 is 1.33 bits per heavy atom. The molecule has 18 heavy (non-hydrogen) atoms. The molecule has 0 fully saturated rings. The summed E-state index contributed by atoms with van der Waals surface area (Å²) in [6.45, 7) is 1.38. The number of benzene rings is 1.